The Morgan fingerprint density at radius 1 is 1.22 bits per heavy atom. The molecule has 0 bridgehead atoms. The summed E-state index contributed by atoms with van der Waals surface area (Å²) in [6.45, 7) is 0. The summed E-state index contributed by atoms with van der Waals surface area (Å²) in [5.41, 5.74) is 5.82. The molecule has 1 aromatic carbocycles. The summed E-state index contributed by atoms with van der Waals surface area (Å²) in [6.07, 6.45) is 2.18. The quantitative estimate of drug-likeness (QED) is 0.676. The first-order chi connectivity index (χ1) is 12.8. The Kier molecular flexibility index (Phi) is 5.82. The lowest BCUT2D eigenvalue weighted by Gasteiger charge is -2.26. The smallest absolute Gasteiger partial charge is 0.265 e. The topological polar surface area (TPSA) is 141 Å². The number of primary sulfonamides is 1. The van der Waals surface area contributed by atoms with Gasteiger partial charge in [-0.15, -0.1) is 10.2 Å². The third kappa shape index (κ3) is 4.47. The van der Waals surface area contributed by atoms with Crippen LogP contribution in [-0.2, 0) is 16.4 Å². The zero-order chi connectivity index (χ0) is 19.6. The minimum absolute atomic E-state index is 0.00318. The van der Waals surface area contributed by atoms with E-state index < -0.39 is 26.9 Å². The zero-order valence-corrected chi connectivity index (χ0v) is 15.4. The van der Waals surface area contributed by atoms with Crippen molar-refractivity contribution < 1.29 is 17.2 Å². The Bertz CT molecular complexity index is 881. The minimum Gasteiger partial charge on any atom is -0.328 e. The molecule has 1 aliphatic rings. The molecule has 1 heterocycles. The average Bonchev–Trinajstić information content (AvgIpc) is 3.13. The fourth-order valence-corrected chi connectivity index (χ4v) is 4.67. The van der Waals surface area contributed by atoms with Crippen molar-refractivity contribution in [3.63, 3.8) is 0 Å². The Balaban J connectivity index is 2.01. The molecular weight excluding hydrogens is 378 g/mol. The van der Waals surface area contributed by atoms with E-state index in [0.29, 0.717) is 17.9 Å². The van der Waals surface area contributed by atoms with Gasteiger partial charge in [0.05, 0.1) is 0 Å². The van der Waals surface area contributed by atoms with E-state index >= 15 is 0 Å². The SMILES string of the molecule is NC1CCC(CCc2ccc(C(F)F)c(S(N)(=O)=O)c2-c2nn[nH]n2)CC1. The average molecular weight is 400 g/mol. The Hall–Kier alpha value is -1.98. The largest absolute Gasteiger partial charge is 0.328 e. The number of hydrogen-bond acceptors (Lipinski definition) is 6. The molecule has 148 valence electrons. The van der Waals surface area contributed by atoms with Crippen LogP contribution in [0.2, 0.25) is 0 Å². The lowest BCUT2D eigenvalue weighted by molar-refractivity contribution is 0.148. The number of halogens is 2. The summed E-state index contributed by atoms with van der Waals surface area (Å²) in [7, 11) is -4.43. The highest BCUT2D eigenvalue weighted by molar-refractivity contribution is 7.89. The van der Waals surface area contributed by atoms with E-state index in [1.807, 2.05) is 0 Å². The second-order valence-corrected chi connectivity index (χ2v) is 8.42. The van der Waals surface area contributed by atoms with Crippen molar-refractivity contribution in [2.45, 2.75) is 55.9 Å². The van der Waals surface area contributed by atoms with E-state index in [2.05, 4.69) is 20.6 Å². The second kappa shape index (κ2) is 7.95. The molecule has 0 spiro atoms. The minimum atomic E-state index is -4.43. The molecule has 2 aromatic rings. The van der Waals surface area contributed by atoms with Crippen LogP contribution in [0.15, 0.2) is 17.0 Å². The molecule has 1 aliphatic carbocycles. The molecule has 11 heteroatoms. The summed E-state index contributed by atoms with van der Waals surface area (Å²) >= 11 is 0. The van der Waals surface area contributed by atoms with Crippen LogP contribution in [-0.4, -0.2) is 35.1 Å². The summed E-state index contributed by atoms with van der Waals surface area (Å²) in [6, 6.07) is 2.84. The number of nitrogens with two attached hydrogens (primary N) is 2. The van der Waals surface area contributed by atoms with Crippen molar-refractivity contribution in [2.24, 2.45) is 16.8 Å². The Morgan fingerprint density at radius 2 is 1.93 bits per heavy atom. The lowest BCUT2D eigenvalue weighted by atomic mass is 9.82. The zero-order valence-electron chi connectivity index (χ0n) is 14.6. The van der Waals surface area contributed by atoms with Crippen LogP contribution >= 0.6 is 0 Å². The summed E-state index contributed by atoms with van der Waals surface area (Å²) < 4.78 is 51.1. The molecule has 0 saturated heterocycles. The highest BCUT2D eigenvalue weighted by Crippen LogP contribution is 2.37. The number of aromatic amines is 1. The number of aromatic nitrogens is 4. The van der Waals surface area contributed by atoms with Gasteiger partial charge in [-0.3, -0.25) is 0 Å². The van der Waals surface area contributed by atoms with Crippen molar-refractivity contribution in [3.8, 4) is 11.4 Å². The number of alkyl halides is 2. The molecule has 0 aliphatic heterocycles. The van der Waals surface area contributed by atoms with Crippen LogP contribution < -0.4 is 10.9 Å². The van der Waals surface area contributed by atoms with Gasteiger partial charge < -0.3 is 5.73 Å². The third-order valence-electron chi connectivity index (χ3n) is 5.08. The van der Waals surface area contributed by atoms with Gasteiger partial charge in [-0.1, -0.05) is 12.1 Å². The van der Waals surface area contributed by atoms with Crippen LogP contribution in [0, 0.1) is 5.92 Å². The fourth-order valence-electron chi connectivity index (χ4n) is 3.68. The maximum atomic E-state index is 13.4. The monoisotopic (exact) mass is 400 g/mol. The molecule has 27 heavy (non-hydrogen) atoms. The number of tetrazole rings is 1. The Morgan fingerprint density at radius 3 is 2.48 bits per heavy atom. The van der Waals surface area contributed by atoms with Gasteiger partial charge in [0.15, 0.2) is 0 Å². The van der Waals surface area contributed by atoms with E-state index in [9.17, 15) is 17.2 Å². The molecule has 1 aromatic heterocycles. The normalized spacial score (nSPS) is 20.9. The van der Waals surface area contributed by atoms with Crippen molar-refractivity contribution >= 4 is 10.0 Å². The van der Waals surface area contributed by atoms with Gasteiger partial charge in [-0.05, 0) is 55.2 Å². The predicted octanol–water partition coefficient (Wildman–Crippen LogP) is 1.90. The van der Waals surface area contributed by atoms with E-state index in [1.165, 1.54) is 6.07 Å². The van der Waals surface area contributed by atoms with E-state index in [1.54, 1.807) is 0 Å². The first-order valence-electron chi connectivity index (χ1n) is 8.73. The van der Waals surface area contributed by atoms with Crippen LogP contribution in [0.25, 0.3) is 11.4 Å². The maximum absolute atomic E-state index is 13.4. The van der Waals surface area contributed by atoms with Crippen LogP contribution in [0.3, 0.4) is 0 Å². The maximum Gasteiger partial charge on any atom is 0.265 e. The van der Waals surface area contributed by atoms with Crippen LogP contribution in [0.4, 0.5) is 8.78 Å². The van der Waals surface area contributed by atoms with Crippen molar-refractivity contribution in [2.75, 3.05) is 0 Å². The van der Waals surface area contributed by atoms with Crippen LogP contribution in [0.5, 0.6) is 0 Å². The fraction of sp³-hybridized carbons (Fsp3) is 0.562. The molecule has 3 rings (SSSR count). The number of aryl methyl sites for hydroxylation is 1. The molecule has 8 nitrogen and oxygen atoms in total. The molecule has 0 unspecified atom stereocenters. The van der Waals surface area contributed by atoms with Crippen LogP contribution in [0.1, 0.15) is 49.7 Å². The number of sulfonamides is 1. The second-order valence-electron chi connectivity index (χ2n) is 6.92. The number of nitrogens with one attached hydrogen (secondary N) is 1. The first kappa shape index (κ1) is 19.8. The first-order valence-corrected chi connectivity index (χ1v) is 10.3. The molecule has 0 radical (unpaired) electrons. The number of hydrogen-bond donors (Lipinski definition) is 3. The third-order valence-corrected chi connectivity index (χ3v) is 6.09. The predicted molar refractivity (Wildman–Crippen MR) is 94.2 cm³/mol. The lowest BCUT2D eigenvalue weighted by Crippen LogP contribution is -2.26. The van der Waals surface area contributed by atoms with Gasteiger partial charge >= 0.3 is 0 Å². The number of H-pyrrole nitrogens is 1. The molecule has 0 amide bonds. The van der Waals surface area contributed by atoms with Gasteiger partial charge in [-0.25, -0.2) is 22.3 Å². The van der Waals surface area contributed by atoms with E-state index in [0.717, 1.165) is 38.2 Å². The highest BCUT2D eigenvalue weighted by atomic mass is 32.2. The number of rotatable bonds is 6. The molecule has 5 N–H and O–H groups in total. The van der Waals surface area contributed by atoms with Gasteiger partial charge in [0, 0.05) is 17.2 Å². The Labute approximate surface area is 155 Å². The van der Waals surface area contributed by atoms with Gasteiger partial charge in [0.2, 0.25) is 15.8 Å². The summed E-state index contributed by atoms with van der Waals surface area (Å²) in [4.78, 5) is -0.637. The van der Waals surface area contributed by atoms with Gasteiger partial charge in [0.1, 0.15) is 4.90 Å². The van der Waals surface area contributed by atoms with Crippen molar-refractivity contribution in [3.05, 3.63) is 23.3 Å². The van der Waals surface area contributed by atoms with Gasteiger partial charge in [-0.2, -0.15) is 5.21 Å². The molecule has 1 fully saturated rings. The molecule has 1 saturated carbocycles. The number of benzene rings is 1. The van der Waals surface area contributed by atoms with E-state index in [4.69, 9.17) is 10.9 Å². The highest BCUT2D eigenvalue weighted by Gasteiger charge is 2.29. The number of nitrogens with zero attached hydrogens (tertiary/aromatic N) is 3. The molecule has 0 atom stereocenters. The van der Waals surface area contributed by atoms with E-state index in [-0.39, 0.29) is 17.4 Å². The molecular formula is C16H22F2N6O2S. The van der Waals surface area contributed by atoms with Crippen molar-refractivity contribution in [1.29, 1.82) is 0 Å². The summed E-state index contributed by atoms with van der Waals surface area (Å²) in [5.74, 6) is 0.387. The summed E-state index contributed by atoms with van der Waals surface area (Å²) in [5, 5.41) is 18.5. The van der Waals surface area contributed by atoms with Gasteiger partial charge in [0.25, 0.3) is 6.43 Å². The van der Waals surface area contributed by atoms with Crippen molar-refractivity contribution in [1.82, 2.24) is 20.6 Å². The standard InChI is InChI=1S/C16H22F2N6O2S/c17-15(18)12-8-5-10(4-1-9-2-6-11(19)7-3-9)13(14(12)27(20,25)26)16-21-23-24-22-16/h5,8-9,11,15H,1-4,6-7,19H2,(H2,20,25,26)(H,21,22,23,24).